The van der Waals surface area contributed by atoms with E-state index in [2.05, 4.69) is 35.1 Å². The fourth-order valence-corrected chi connectivity index (χ4v) is 2.83. The molecule has 1 saturated heterocycles. The summed E-state index contributed by atoms with van der Waals surface area (Å²) in [6, 6.07) is 2.38. The molecule has 1 aliphatic rings. The third-order valence-corrected chi connectivity index (χ3v) is 3.92. The van der Waals surface area contributed by atoms with Crippen molar-refractivity contribution in [1.29, 1.82) is 0 Å². The predicted octanol–water partition coefficient (Wildman–Crippen LogP) is 1.73. The van der Waals surface area contributed by atoms with Crippen molar-refractivity contribution in [3.63, 3.8) is 0 Å². The van der Waals surface area contributed by atoms with E-state index in [1.165, 1.54) is 0 Å². The average molecular weight is 290 g/mol. The van der Waals surface area contributed by atoms with Crippen LogP contribution in [-0.4, -0.2) is 29.5 Å². The normalized spacial score (nSPS) is 19.0. The number of piperidine rings is 1. The lowest BCUT2D eigenvalue weighted by molar-refractivity contribution is -0.119. The number of hydrogen-bond donors (Lipinski definition) is 2. The molecule has 0 bridgehead atoms. The molecule has 0 radical (unpaired) electrons. The Hall–Kier alpha value is -1.62. The van der Waals surface area contributed by atoms with Gasteiger partial charge in [-0.3, -0.25) is 4.79 Å². The van der Waals surface area contributed by atoms with Crippen molar-refractivity contribution in [2.45, 2.75) is 58.7 Å². The first-order chi connectivity index (χ1) is 9.99. The molecule has 1 atom stereocenters. The molecule has 1 aliphatic heterocycles. The summed E-state index contributed by atoms with van der Waals surface area (Å²) in [5, 5.41) is 3.39. The van der Waals surface area contributed by atoms with Gasteiger partial charge in [-0.15, -0.1) is 0 Å². The summed E-state index contributed by atoms with van der Waals surface area (Å²) in [7, 11) is 0. The number of carbonyl (C=O) groups excluding carboxylic acids is 1. The molecule has 2 rings (SSSR count). The number of nitrogens with one attached hydrogen (secondary N) is 1. The molecule has 5 nitrogen and oxygen atoms in total. The maximum atomic E-state index is 11.6. The van der Waals surface area contributed by atoms with Crippen LogP contribution in [-0.2, 0) is 11.3 Å². The number of pyridine rings is 1. The van der Waals surface area contributed by atoms with Gasteiger partial charge in [0, 0.05) is 25.3 Å². The number of anilines is 1. The molecule has 0 aliphatic carbocycles. The lowest BCUT2D eigenvalue weighted by Crippen LogP contribution is -2.48. The number of nitrogens with zero attached hydrogens (tertiary/aromatic N) is 2. The monoisotopic (exact) mass is 290 g/mol. The van der Waals surface area contributed by atoms with Crippen molar-refractivity contribution in [3.8, 4) is 0 Å². The van der Waals surface area contributed by atoms with Crippen LogP contribution in [0.2, 0.25) is 0 Å². The van der Waals surface area contributed by atoms with Crippen LogP contribution in [0, 0.1) is 6.92 Å². The Labute approximate surface area is 126 Å². The second-order valence-corrected chi connectivity index (χ2v) is 6.13. The van der Waals surface area contributed by atoms with Crippen LogP contribution in [0.1, 0.15) is 44.2 Å². The molecule has 1 aromatic heterocycles. The third-order valence-electron chi connectivity index (χ3n) is 3.92. The van der Waals surface area contributed by atoms with Crippen molar-refractivity contribution >= 4 is 11.7 Å². The molecule has 21 heavy (non-hydrogen) atoms. The average Bonchev–Trinajstić information content (AvgIpc) is 2.45. The van der Waals surface area contributed by atoms with Crippen molar-refractivity contribution in [3.05, 3.63) is 23.4 Å². The minimum atomic E-state index is -0.249. The SMILES string of the molecule is Cc1cc(CNC(C)C)cnc1N1CCCCC1C(N)=O. The first kappa shape index (κ1) is 15.8. The van der Waals surface area contributed by atoms with E-state index in [1.807, 2.05) is 13.1 Å². The molecule has 1 aromatic rings. The van der Waals surface area contributed by atoms with Gasteiger partial charge in [-0.1, -0.05) is 13.8 Å². The van der Waals surface area contributed by atoms with Gasteiger partial charge in [0.2, 0.25) is 5.91 Å². The van der Waals surface area contributed by atoms with E-state index in [9.17, 15) is 4.79 Å². The highest BCUT2D eigenvalue weighted by Gasteiger charge is 2.28. The van der Waals surface area contributed by atoms with Gasteiger partial charge >= 0.3 is 0 Å². The van der Waals surface area contributed by atoms with Crippen LogP contribution >= 0.6 is 0 Å². The van der Waals surface area contributed by atoms with E-state index in [-0.39, 0.29) is 11.9 Å². The van der Waals surface area contributed by atoms with Gasteiger partial charge in [0.05, 0.1) is 0 Å². The number of amides is 1. The van der Waals surface area contributed by atoms with Crippen LogP contribution in [0.5, 0.6) is 0 Å². The molecular weight excluding hydrogens is 264 g/mol. The Kier molecular flexibility index (Phi) is 5.17. The Morgan fingerprint density at radius 3 is 2.90 bits per heavy atom. The van der Waals surface area contributed by atoms with Crippen molar-refractivity contribution in [2.75, 3.05) is 11.4 Å². The van der Waals surface area contributed by atoms with E-state index in [0.29, 0.717) is 6.04 Å². The zero-order chi connectivity index (χ0) is 15.4. The molecule has 2 heterocycles. The third kappa shape index (κ3) is 3.94. The highest BCUT2D eigenvalue weighted by atomic mass is 16.1. The minimum Gasteiger partial charge on any atom is -0.368 e. The molecule has 1 amide bonds. The lowest BCUT2D eigenvalue weighted by atomic mass is 10.0. The van der Waals surface area contributed by atoms with Crippen LogP contribution < -0.4 is 16.0 Å². The van der Waals surface area contributed by atoms with Gasteiger partial charge in [-0.05, 0) is 43.4 Å². The number of primary amides is 1. The number of hydrogen-bond acceptors (Lipinski definition) is 4. The van der Waals surface area contributed by atoms with Gasteiger partial charge in [-0.2, -0.15) is 0 Å². The van der Waals surface area contributed by atoms with Crippen LogP contribution in [0.4, 0.5) is 5.82 Å². The summed E-state index contributed by atoms with van der Waals surface area (Å²) in [5.74, 6) is 0.647. The Balaban J connectivity index is 2.17. The summed E-state index contributed by atoms with van der Waals surface area (Å²) < 4.78 is 0. The van der Waals surface area contributed by atoms with Crippen LogP contribution in [0.15, 0.2) is 12.3 Å². The molecule has 3 N–H and O–H groups in total. The van der Waals surface area contributed by atoms with E-state index in [1.54, 1.807) is 0 Å². The molecule has 1 unspecified atom stereocenters. The fraction of sp³-hybridized carbons (Fsp3) is 0.625. The molecule has 0 spiro atoms. The first-order valence-electron chi connectivity index (χ1n) is 7.74. The summed E-state index contributed by atoms with van der Waals surface area (Å²) in [4.78, 5) is 18.3. The zero-order valence-electron chi connectivity index (χ0n) is 13.2. The van der Waals surface area contributed by atoms with Crippen molar-refractivity contribution in [1.82, 2.24) is 10.3 Å². The highest BCUT2D eigenvalue weighted by Crippen LogP contribution is 2.26. The topological polar surface area (TPSA) is 71.2 Å². The van der Waals surface area contributed by atoms with Crippen molar-refractivity contribution in [2.24, 2.45) is 5.73 Å². The number of aromatic nitrogens is 1. The maximum Gasteiger partial charge on any atom is 0.240 e. The lowest BCUT2D eigenvalue weighted by Gasteiger charge is -2.35. The Morgan fingerprint density at radius 1 is 1.52 bits per heavy atom. The van der Waals surface area contributed by atoms with E-state index in [4.69, 9.17) is 5.73 Å². The van der Waals surface area contributed by atoms with Crippen molar-refractivity contribution < 1.29 is 4.79 Å². The first-order valence-corrected chi connectivity index (χ1v) is 7.74. The molecule has 1 fully saturated rings. The number of carbonyl (C=O) groups is 1. The fourth-order valence-electron chi connectivity index (χ4n) is 2.83. The smallest absolute Gasteiger partial charge is 0.240 e. The largest absolute Gasteiger partial charge is 0.368 e. The molecule has 0 saturated carbocycles. The summed E-state index contributed by atoms with van der Waals surface area (Å²) >= 11 is 0. The van der Waals surface area contributed by atoms with Gasteiger partial charge in [0.1, 0.15) is 11.9 Å². The van der Waals surface area contributed by atoms with E-state index in [0.717, 1.165) is 49.3 Å². The van der Waals surface area contributed by atoms with E-state index < -0.39 is 0 Å². The van der Waals surface area contributed by atoms with Crippen LogP contribution in [0.25, 0.3) is 0 Å². The van der Waals surface area contributed by atoms with Crippen LogP contribution in [0.3, 0.4) is 0 Å². The number of nitrogens with two attached hydrogens (primary N) is 1. The highest BCUT2D eigenvalue weighted by molar-refractivity contribution is 5.83. The standard InChI is InChI=1S/C16H26N4O/c1-11(2)18-9-13-8-12(3)16(19-10-13)20-7-5-4-6-14(20)15(17)21/h8,10-11,14,18H,4-7,9H2,1-3H3,(H2,17,21). The van der Waals surface area contributed by atoms with Gasteiger partial charge in [0.25, 0.3) is 0 Å². The molecule has 0 aromatic carbocycles. The summed E-state index contributed by atoms with van der Waals surface area (Å²) in [5.41, 5.74) is 7.80. The Morgan fingerprint density at radius 2 is 2.29 bits per heavy atom. The minimum absolute atomic E-state index is 0.218. The van der Waals surface area contributed by atoms with E-state index >= 15 is 0 Å². The second-order valence-electron chi connectivity index (χ2n) is 6.13. The van der Waals surface area contributed by atoms with Gasteiger partial charge in [0.15, 0.2) is 0 Å². The molecule has 116 valence electrons. The predicted molar refractivity (Wildman–Crippen MR) is 85.1 cm³/mol. The van der Waals surface area contributed by atoms with Gasteiger partial charge < -0.3 is 16.0 Å². The number of aryl methyl sites for hydroxylation is 1. The quantitative estimate of drug-likeness (QED) is 0.866. The number of rotatable bonds is 5. The Bertz CT molecular complexity index is 501. The second kappa shape index (κ2) is 6.89. The van der Waals surface area contributed by atoms with Gasteiger partial charge in [-0.25, -0.2) is 4.98 Å². The maximum absolute atomic E-state index is 11.6. The molecular formula is C16H26N4O. The zero-order valence-corrected chi connectivity index (χ0v) is 13.2. The summed E-state index contributed by atoms with van der Waals surface area (Å²) in [6.07, 6.45) is 4.86. The summed E-state index contributed by atoms with van der Waals surface area (Å²) in [6.45, 7) is 7.96. The molecule has 5 heteroatoms.